The number of carbonyl (C=O) groups is 2. The summed E-state index contributed by atoms with van der Waals surface area (Å²) in [5.41, 5.74) is 2.58. The fourth-order valence-corrected chi connectivity index (χ4v) is 3.30. The highest BCUT2D eigenvalue weighted by Gasteiger charge is 2.05. The number of nitrogens with one attached hydrogen (secondary N) is 2. The van der Waals surface area contributed by atoms with E-state index in [1.807, 2.05) is 79.7 Å². The number of hydrogen-bond donors (Lipinski definition) is 2. The van der Waals surface area contributed by atoms with E-state index >= 15 is 0 Å². The molecule has 0 fully saturated rings. The highest BCUT2D eigenvalue weighted by Crippen LogP contribution is 2.24. The molecule has 2 amide bonds. The van der Waals surface area contributed by atoms with Crippen molar-refractivity contribution in [2.75, 3.05) is 16.4 Å². The van der Waals surface area contributed by atoms with Crippen LogP contribution < -0.4 is 15.4 Å². The van der Waals surface area contributed by atoms with Crippen LogP contribution in [0.15, 0.2) is 77.7 Å². The minimum atomic E-state index is -0.111. The van der Waals surface area contributed by atoms with Crippen molar-refractivity contribution in [3.63, 3.8) is 0 Å². The van der Waals surface area contributed by atoms with Gasteiger partial charge in [0.25, 0.3) is 0 Å². The molecule has 6 heteroatoms. The number of carbonyl (C=O) groups excluding carboxylic acids is 2. The van der Waals surface area contributed by atoms with Gasteiger partial charge in [0.1, 0.15) is 11.5 Å². The van der Waals surface area contributed by atoms with Crippen LogP contribution in [0.4, 0.5) is 11.4 Å². The summed E-state index contributed by atoms with van der Waals surface area (Å²) in [5, 5.41) is 5.59. The number of rotatable bonds is 7. The second-order valence-electron chi connectivity index (χ2n) is 6.49. The van der Waals surface area contributed by atoms with E-state index in [1.54, 1.807) is 0 Å². The molecule has 3 aromatic carbocycles. The standard InChI is InChI=1S/C23H22N2O3S/c1-16-4-3-5-21(14-16)28-20-10-6-19(7-11-20)25-23(27)15-29-22-12-8-18(9-13-22)24-17(2)26/h3-14H,15H2,1-2H3,(H,24,26)(H,25,27). The maximum atomic E-state index is 12.2. The largest absolute Gasteiger partial charge is 0.457 e. The maximum Gasteiger partial charge on any atom is 0.234 e. The fourth-order valence-electron chi connectivity index (χ4n) is 2.60. The van der Waals surface area contributed by atoms with E-state index in [-0.39, 0.29) is 11.8 Å². The number of thioether (sulfide) groups is 1. The molecule has 148 valence electrons. The third-order valence-electron chi connectivity index (χ3n) is 3.91. The van der Waals surface area contributed by atoms with Gasteiger partial charge in [-0.15, -0.1) is 11.8 Å². The van der Waals surface area contributed by atoms with E-state index < -0.39 is 0 Å². The fraction of sp³-hybridized carbons (Fsp3) is 0.130. The van der Waals surface area contributed by atoms with E-state index in [9.17, 15) is 9.59 Å². The van der Waals surface area contributed by atoms with Crippen LogP contribution in [-0.2, 0) is 9.59 Å². The molecule has 0 saturated carbocycles. The van der Waals surface area contributed by atoms with E-state index in [0.29, 0.717) is 17.2 Å². The molecule has 3 rings (SSSR count). The summed E-state index contributed by atoms with van der Waals surface area (Å²) in [5.74, 6) is 1.58. The van der Waals surface area contributed by atoms with Crippen LogP contribution in [0, 0.1) is 6.92 Å². The summed E-state index contributed by atoms with van der Waals surface area (Å²) >= 11 is 1.43. The van der Waals surface area contributed by atoms with Crippen LogP contribution in [0.1, 0.15) is 12.5 Å². The van der Waals surface area contributed by atoms with E-state index in [2.05, 4.69) is 10.6 Å². The number of aryl methyl sites for hydroxylation is 1. The first-order chi connectivity index (χ1) is 14.0. The van der Waals surface area contributed by atoms with Gasteiger partial charge in [-0.3, -0.25) is 9.59 Å². The Hall–Kier alpha value is -3.25. The molecule has 5 nitrogen and oxygen atoms in total. The molecule has 29 heavy (non-hydrogen) atoms. The molecule has 0 aliphatic carbocycles. The van der Waals surface area contributed by atoms with Crippen LogP contribution in [-0.4, -0.2) is 17.6 Å². The number of hydrogen-bond acceptors (Lipinski definition) is 4. The number of amides is 2. The molecule has 0 radical (unpaired) electrons. The van der Waals surface area contributed by atoms with Gasteiger partial charge in [-0.25, -0.2) is 0 Å². The Labute approximate surface area is 174 Å². The minimum absolute atomic E-state index is 0.0895. The predicted molar refractivity (Wildman–Crippen MR) is 118 cm³/mol. The van der Waals surface area contributed by atoms with Gasteiger partial charge in [0.2, 0.25) is 11.8 Å². The first kappa shape index (κ1) is 20.5. The molecule has 0 bridgehead atoms. The average Bonchev–Trinajstić information content (AvgIpc) is 2.69. The van der Waals surface area contributed by atoms with Gasteiger partial charge in [-0.05, 0) is 73.2 Å². The smallest absolute Gasteiger partial charge is 0.234 e. The molecule has 0 aromatic heterocycles. The molecule has 0 aliphatic rings. The Morgan fingerprint density at radius 3 is 2.17 bits per heavy atom. The molecule has 0 spiro atoms. The van der Waals surface area contributed by atoms with Crippen molar-refractivity contribution in [3.8, 4) is 11.5 Å². The summed E-state index contributed by atoms with van der Waals surface area (Å²) in [6, 6.07) is 22.5. The van der Waals surface area contributed by atoms with Gasteiger partial charge in [0, 0.05) is 23.2 Å². The second kappa shape index (κ2) is 9.80. The molecule has 0 heterocycles. The zero-order chi connectivity index (χ0) is 20.6. The Bertz CT molecular complexity index is 986. The molecule has 0 aliphatic heterocycles. The lowest BCUT2D eigenvalue weighted by atomic mass is 10.2. The van der Waals surface area contributed by atoms with Crippen molar-refractivity contribution in [2.24, 2.45) is 0 Å². The minimum Gasteiger partial charge on any atom is -0.457 e. The second-order valence-corrected chi connectivity index (χ2v) is 7.53. The van der Waals surface area contributed by atoms with E-state index in [4.69, 9.17) is 4.74 Å². The van der Waals surface area contributed by atoms with Crippen molar-refractivity contribution in [1.29, 1.82) is 0 Å². The zero-order valence-corrected chi connectivity index (χ0v) is 17.1. The van der Waals surface area contributed by atoms with Crippen molar-refractivity contribution >= 4 is 35.0 Å². The highest BCUT2D eigenvalue weighted by molar-refractivity contribution is 8.00. The quantitative estimate of drug-likeness (QED) is 0.510. The Morgan fingerprint density at radius 2 is 1.52 bits per heavy atom. The van der Waals surface area contributed by atoms with Crippen LogP contribution in [0.2, 0.25) is 0 Å². The van der Waals surface area contributed by atoms with E-state index in [0.717, 1.165) is 21.9 Å². The first-order valence-electron chi connectivity index (χ1n) is 9.13. The lowest BCUT2D eigenvalue weighted by Gasteiger charge is -2.09. The summed E-state index contributed by atoms with van der Waals surface area (Å²) in [4.78, 5) is 24.2. The number of ether oxygens (including phenoxy) is 1. The topological polar surface area (TPSA) is 67.4 Å². The molecule has 0 atom stereocenters. The highest BCUT2D eigenvalue weighted by atomic mass is 32.2. The number of anilines is 2. The van der Waals surface area contributed by atoms with Crippen molar-refractivity contribution in [1.82, 2.24) is 0 Å². The normalized spacial score (nSPS) is 10.3. The molecule has 0 unspecified atom stereocenters. The SMILES string of the molecule is CC(=O)Nc1ccc(SCC(=O)Nc2ccc(Oc3cccc(C)c3)cc2)cc1. The molecule has 0 saturated heterocycles. The Balaban J connectivity index is 1.48. The predicted octanol–water partition coefficient (Wildman–Crippen LogP) is 5.48. The first-order valence-corrected chi connectivity index (χ1v) is 10.1. The van der Waals surface area contributed by atoms with Crippen LogP contribution in [0.3, 0.4) is 0 Å². The van der Waals surface area contributed by atoms with E-state index in [1.165, 1.54) is 18.7 Å². The summed E-state index contributed by atoms with van der Waals surface area (Å²) < 4.78 is 5.82. The third kappa shape index (κ3) is 6.69. The van der Waals surface area contributed by atoms with Crippen LogP contribution >= 0.6 is 11.8 Å². The van der Waals surface area contributed by atoms with Gasteiger partial charge in [-0.1, -0.05) is 12.1 Å². The molecule has 3 aromatic rings. The lowest BCUT2D eigenvalue weighted by Crippen LogP contribution is -2.13. The van der Waals surface area contributed by atoms with Crippen molar-refractivity contribution in [3.05, 3.63) is 78.4 Å². The van der Waals surface area contributed by atoms with Gasteiger partial charge in [0.05, 0.1) is 5.75 Å². The monoisotopic (exact) mass is 406 g/mol. The zero-order valence-electron chi connectivity index (χ0n) is 16.3. The molecular weight excluding hydrogens is 384 g/mol. The molecular formula is C23H22N2O3S. The van der Waals surface area contributed by atoms with Crippen molar-refractivity contribution in [2.45, 2.75) is 18.7 Å². The van der Waals surface area contributed by atoms with Crippen LogP contribution in [0.25, 0.3) is 0 Å². The van der Waals surface area contributed by atoms with Gasteiger partial charge >= 0.3 is 0 Å². The summed E-state index contributed by atoms with van der Waals surface area (Å²) in [6.45, 7) is 3.48. The lowest BCUT2D eigenvalue weighted by molar-refractivity contribution is -0.114. The maximum absolute atomic E-state index is 12.2. The average molecular weight is 407 g/mol. The van der Waals surface area contributed by atoms with Gasteiger partial charge in [0.15, 0.2) is 0 Å². The Kier molecular flexibility index (Phi) is 6.92. The van der Waals surface area contributed by atoms with Crippen LogP contribution in [0.5, 0.6) is 11.5 Å². The molecule has 2 N–H and O–H groups in total. The Morgan fingerprint density at radius 1 is 0.862 bits per heavy atom. The van der Waals surface area contributed by atoms with Gasteiger partial charge < -0.3 is 15.4 Å². The summed E-state index contributed by atoms with van der Waals surface area (Å²) in [7, 11) is 0. The van der Waals surface area contributed by atoms with Gasteiger partial charge in [-0.2, -0.15) is 0 Å². The number of benzene rings is 3. The third-order valence-corrected chi connectivity index (χ3v) is 4.92. The van der Waals surface area contributed by atoms with Crippen molar-refractivity contribution < 1.29 is 14.3 Å². The summed E-state index contributed by atoms with van der Waals surface area (Å²) in [6.07, 6.45) is 0.